The van der Waals surface area contributed by atoms with Gasteiger partial charge in [0, 0.05) is 6.54 Å². The third-order valence-corrected chi connectivity index (χ3v) is 6.13. The van der Waals surface area contributed by atoms with Gasteiger partial charge in [-0.25, -0.2) is 13.1 Å². The predicted octanol–water partition coefficient (Wildman–Crippen LogP) is 1.18. The highest BCUT2D eigenvalue weighted by Crippen LogP contribution is 2.35. The van der Waals surface area contributed by atoms with E-state index in [2.05, 4.69) is 10.8 Å². The van der Waals surface area contributed by atoms with Crippen molar-refractivity contribution in [3.63, 3.8) is 0 Å². The van der Waals surface area contributed by atoms with E-state index in [0.29, 0.717) is 6.61 Å². The molecule has 1 atom stereocenters. The van der Waals surface area contributed by atoms with Crippen LogP contribution in [0, 0.1) is 0 Å². The molecule has 21 heavy (non-hydrogen) atoms. The molecule has 0 bridgehead atoms. The van der Waals surface area contributed by atoms with E-state index in [1.165, 1.54) is 5.56 Å². The van der Waals surface area contributed by atoms with Gasteiger partial charge in [-0.15, -0.1) is 0 Å². The van der Waals surface area contributed by atoms with Crippen LogP contribution in [-0.2, 0) is 31.5 Å². The molecular weight excluding hydrogens is 290 g/mol. The highest BCUT2D eigenvalue weighted by molar-refractivity contribution is 7.90. The molecule has 116 valence electrons. The summed E-state index contributed by atoms with van der Waals surface area (Å²) in [5, 5.41) is -0.426. The van der Waals surface area contributed by atoms with E-state index >= 15 is 0 Å². The summed E-state index contributed by atoms with van der Waals surface area (Å²) in [6.45, 7) is 3.50. The fraction of sp³-hybridized carbons (Fsp3) is 0.600. The topological polar surface area (TPSA) is 64.6 Å². The van der Waals surface area contributed by atoms with Gasteiger partial charge in [-0.05, 0) is 24.0 Å². The van der Waals surface area contributed by atoms with Crippen LogP contribution < -0.4 is 4.72 Å². The molecule has 1 saturated heterocycles. The number of rotatable bonds is 5. The molecule has 2 aliphatic rings. The van der Waals surface area contributed by atoms with Crippen molar-refractivity contribution in [2.45, 2.75) is 30.6 Å². The molecular formula is C15H21NO4S. The van der Waals surface area contributed by atoms with Crippen molar-refractivity contribution < 1.29 is 17.9 Å². The third-order valence-electron chi connectivity index (χ3n) is 4.43. The van der Waals surface area contributed by atoms with Crippen LogP contribution in [0.25, 0.3) is 0 Å². The molecule has 6 heteroatoms. The first-order valence-corrected chi connectivity index (χ1v) is 8.90. The highest BCUT2D eigenvalue weighted by atomic mass is 32.2. The van der Waals surface area contributed by atoms with Crippen molar-refractivity contribution in [3.8, 4) is 0 Å². The number of benzene rings is 1. The summed E-state index contributed by atoms with van der Waals surface area (Å²) in [4.78, 5) is 0. The lowest BCUT2D eigenvalue weighted by Crippen LogP contribution is -2.51. The predicted molar refractivity (Wildman–Crippen MR) is 79.6 cm³/mol. The molecule has 0 unspecified atom stereocenters. The number of hydrogen-bond donors (Lipinski definition) is 1. The molecule has 1 fully saturated rings. The minimum absolute atomic E-state index is 0.277. The van der Waals surface area contributed by atoms with E-state index in [0.717, 1.165) is 18.4 Å². The van der Waals surface area contributed by atoms with Crippen LogP contribution in [-0.4, -0.2) is 40.0 Å². The molecule has 0 radical (unpaired) electrons. The first-order chi connectivity index (χ1) is 10.1. The average Bonchev–Trinajstić information content (AvgIpc) is 2.43. The molecule has 5 nitrogen and oxygen atoms in total. The Labute approximate surface area is 125 Å². The van der Waals surface area contributed by atoms with Crippen molar-refractivity contribution >= 4 is 10.0 Å². The zero-order valence-corrected chi connectivity index (χ0v) is 13.0. The van der Waals surface area contributed by atoms with Gasteiger partial charge in [0.15, 0.2) is 0 Å². The summed E-state index contributed by atoms with van der Waals surface area (Å²) in [6.07, 6.45) is 1.61. The number of ether oxygens (including phenoxy) is 2. The number of fused-ring (bicyclic) bond motifs is 1. The Bertz CT molecular complexity index is 612. The molecule has 1 aromatic carbocycles. The molecule has 2 heterocycles. The van der Waals surface area contributed by atoms with Gasteiger partial charge in [0.25, 0.3) is 0 Å². The first-order valence-electron chi connectivity index (χ1n) is 7.36. The second kappa shape index (κ2) is 5.68. The van der Waals surface area contributed by atoms with Crippen LogP contribution in [0.5, 0.6) is 0 Å². The molecule has 0 spiro atoms. The van der Waals surface area contributed by atoms with E-state index < -0.39 is 20.9 Å². The van der Waals surface area contributed by atoms with Crippen molar-refractivity contribution in [1.29, 1.82) is 0 Å². The lowest BCUT2D eigenvalue weighted by Gasteiger charge is -2.39. The SMILES string of the molecule is CC[C@]1(CNS(=O)(=O)C2COC2)OCCc2ccccc21. The maximum Gasteiger partial charge on any atom is 0.219 e. The van der Waals surface area contributed by atoms with Crippen LogP contribution in [0.3, 0.4) is 0 Å². The van der Waals surface area contributed by atoms with Gasteiger partial charge >= 0.3 is 0 Å². The van der Waals surface area contributed by atoms with E-state index in [4.69, 9.17) is 9.47 Å². The van der Waals surface area contributed by atoms with Crippen LogP contribution in [0.15, 0.2) is 24.3 Å². The lowest BCUT2D eigenvalue weighted by atomic mass is 9.84. The standard InChI is InChI=1S/C15H21NO4S/c1-2-15(11-16-21(17,18)13-9-19-10-13)14-6-4-3-5-12(14)7-8-20-15/h3-6,13,16H,2,7-11H2,1H3/t15-/m1/s1. The van der Waals surface area contributed by atoms with Crippen LogP contribution >= 0.6 is 0 Å². The van der Waals surface area contributed by atoms with Crippen molar-refractivity contribution in [1.82, 2.24) is 4.72 Å². The Morgan fingerprint density at radius 1 is 1.33 bits per heavy atom. The van der Waals surface area contributed by atoms with Gasteiger partial charge in [-0.3, -0.25) is 0 Å². The van der Waals surface area contributed by atoms with Gasteiger partial charge in [0.05, 0.1) is 19.8 Å². The smallest absolute Gasteiger partial charge is 0.219 e. The van der Waals surface area contributed by atoms with Crippen LogP contribution in [0.2, 0.25) is 0 Å². The zero-order valence-electron chi connectivity index (χ0n) is 12.2. The number of nitrogens with one attached hydrogen (secondary N) is 1. The maximum atomic E-state index is 12.2. The van der Waals surface area contributed by atoms with Gasteiger partial charge in [0.2, 0.25) is 10.0 Å². The van der Waals surface area contributed by atoms with E-state index in [1.54, 1.807) is 0 Å². The quantitative estimate of drug-likeness (QED) is 0.887. The van der Waals surface area contributed by atoms with Crippen molar-refractivity contribution in [2.24, 2.45) is 0 Å². The fourth-order valence-corrected chi connectivity index (χ4v) is 4.13. The Balaban J connectivity index is 1.82. The molecule has 0 amide bonds. The fourth-order valence-electron chi connectivity index (χ4n) is 2.91. The average molecular weight is 311 g/mol. The minimum atomic E-state index is -3.33. The highest BCUT2D eigenvalue weighted by Gasteiger charge is 2.39. The Kier molecular flexibility index (Phi) is 4.05. The first kappa shape index (κ1) is 15.0. The van der Waals surface area contributed by atoms with Gasteiger partial charge in [-0.2, -0.15) is 0 Å². The summed E-state index contributed by atoms with van der Waals surface area (Å²) in [7, 11) is -3.33. The van der Waals surface area contributed by atoms with Gasteiger partial charge < -0.3 is 9.47 Å². The summed E-state index contributed by atoms with van der Waals surface area (Å²) in [5.41, 5.74) is 1.79. The Morgan fingerprint density at radius 2 is 2.10 bits per heavy atom. The Hall–Kier alpha value is -0.950. The Morgan fingerprint density at radius 3 is 2.76 bits per heavy atom. The molecule has 1 aromatic rings. The summed E-state index contributed by atoms with van der Waals surface area (Å²) >= 11 is 0. The summed E-state index contributed by atoms with van der Waals surface area (Å²) < 4.78 is 38.1. The zero-order chi connectivity index (χ0) is 14.9. The normalized spacial score (nSPS) is 26.1. The van der Waals surface area contributed by atoms with Gasteiger partial charge in [0.1, 0.15) is 10.9 Å². The third kappa shape index (κ3) is 2.73. The summed E-state index contributed by atoms with van der Waals surface area (Å²) in [5.74, 6) is 0. The van der Waals surface area contributed by atoms with Crippen LogP contribution in [0.1, 0.15) is 24.5 Å². The second-order valence-corrected chi connectivity index (χ2v) is 7.67. The van der Waals surface area contributed by atoms with Gasteiger partial charge in [-0.1, -0.05) is 31.2 Å². The van der Waals surface area contributed by atoms with E-state index in [9.17, 15) is 8.42 Å². The van der Waals surface area contributed by atoms with Crippen molar-refractivity contribution in [3.05, 3.63) is 35.4 Å². The molecule has 3 rings (SSSR count). The molecule has 0 saturated carbocycles. The second-order valence-electron chi connectivity index (χ2n) is 5.63. The molecule has 0 aliphatic carbocycles. The summed E-state index contributed by atoms with van der Waals surface area (Å²) in [6, 6.07) is 8.13. The number of sulfonamides is 1. The van der Waals surface area contributed by atoms with E-state index in [1.807, 2.05) is 25.1 Å². The van der Waals surface area contributed by atoms with Crippen molar-refractivity contribution in [2.75, 3.05) is 26.4 Å². The monoisotopic (exact) mass is 311 g/mol. The lowest BCUT2D eigenvalue weighted by molar-refractivity contribution is -0.0589. The molecule has 2 aliphatic heterocycles. The molecule has 1 N–H and O–H groups in total. The number of hydrogen-bond acceptors (Lipinski definition) is 4. The maximum absolute atomic E-state index is 12.2. The minimum Gasteiger partial charge on any atom is -0.378 e. The largest absolute Gasteiger partial charge is 0.378 e. The van der Waals surface area contributed by atoms with E-state index in [-0.39, 0.29) is 19.8 Å². The molecule has 0 aromatic heterocycles. The van der Waals surface area contributed by atoms with Crippen LogP contribution in [0.4, 0.5) is 0 Å².